The van der Waals surface area contributed by atoms with Crippen LogP contribution in [0.15, 0.2) is 36.9 Å². The Labute approximate surface area is 124 Å². The van der Waals surface area contributed by atoms with Gasteiger partial charge in [-0.25, -0.2) is 0 Å². The smallest absolute Gasteiger partial charge is 0.325 e. The average Bonchev–Trinajstić information content (AvgIpc) is 2.90. The van der Waals surface area contributed by atoms with E-state index in [1.165, 1.54) is 4.90 Å². The van der Waals surface area contributed by atoms with Gasteiger partial charge in [-0.3, -0.25) is 9.59 Å². The van der Waals surface area contributed by atoms with E-state index in [1.807, 2.05) is 24.3 Å². The Morgan fingerprint density at radius 1 is 1.48 bits per heavy atom. The van der Waals surface area contributed by atoms with E-state index in [0.29, 0.717) is 13.0 Å². The van der Waals surface area contributed by atoms with Crippen molar-refractivity contribution in [3.63, 3.8) is 0 Å². The van der Waals surface area contributed by atoms with Crippen LogP contribution in [0.4, 0.5) is 0 Å². The van der Waals surface area contributed by atoms with Gasteiger partial charge in [0.05, 0.1) is 6.61 Å². The van der Waals surface area contributed by atoms with Crippen molar-refractivity contribution < 1.29 is 19.1 Å². The molecule has 1 aromatic rings. The van der Waals surface area contributed by atoms with Crippen molar-refractivity contribution in [3.8, 4) is 5.75 Å². The lowest BCUT2D eigenvalue weighted by atomic mass is 10.1. The van der Waals surface area contributed by atoms with E-state index in [9.17, 15) is 9.59 Å². The molecule has 0 fully saturated rings. The van der Waals surface area contributed by atoms with Gasteiger partial charge in [-0.05, 0) is 18.6 Å². The van der Waals surface area contributed by atoms with Crippen LogP contribution in [0.3, 0.4) is 0 Å². The third kappa shape index (κ3) is 3.62. The molecule has 0 saturated heterocycles. The van der Waals surface area contributed by atoms with Gasteiger partial charge in [-0.15, -0.1) is 6.58 Å². The van der Waals surface area contributed by atoms with Crippen molar-refractivity contribution in [3.05, 3.63) is 42.5 Å². The maximum Gasteiger partial charge on any atom is 0.325 e. The monoisotopic (exact) mass is 289 g/mol. The third-order valence-corrected chi connectivity index (χ3v) is 3.21. The molecule has 1 aliphatic rings. The molecule has 1 aliphatic heterocycles. The maximum atomic E-state index is 12.5. The number of fused-ring (bicyclic) bond motifs is 1. The molecule has 21 heavy (non-hydrogen) atoms. The van der Waals surface area contributed by atoms with Crippen molar-refractivity contribution in [2.24, 2.45) is 0 Å². The van der Waals surface area contributed by atoms with Crippen molar-refractivity contribution in [1.29, 1.82) is 0 Å². The van der Waals surface area contributed by atoms with E-state index in [-0.39, 0.29) is 19.0 Å². The number of hydrogen-bond acceptors (Lipinski definition) is 4. The van der Waals surface area contributed by atoms with Crippen molar-refractivity contribution in [1.82, 2.24) is 4.90 Å². The Morgan fingerprint density at radius 3 is 2.90 bits per heavy atom. The summed E-state index contributed by atoms with van der Waals surface area (Å²) in [5.74, 6) is 0.0768. The van der Waals surface area contributed by atoms with Crippen LogP contribution in [-0.2, 0) is 20.7 Å². The molecule has 112 valence electrons. The summed E-state index contributed by atoms with van der Waals surface area (Å²) in [4.78, 5) is 25.5. The summed E-state index contributed by atoms with van der Waals surface area (Å²) < 4.78 is 10.5. The molecule has 1 heterocycles. The van der Waals surface area contributed by atoms with E-state index in [0.717, 1.165) is 11.3 Å². The first-order valence-corrected chi connectivity index (χ1v) is 6.95. The number of benzene rings is 1. The summed E-state index contributed by atoms with van der Waals surface area (Å²) in [5.41, 5.74) is 1.01. The average molecular weight is 289 g/mol. The highest BCUT2D eigenvalue weighted by Gasteiger charge is 2.32. The Balaban J connectivity index is 2.03. The molecule has 0 N–H and O–H groups in total. The van der Waals surface area contributed by atoms with Gasteiger partial charge in [-0.2, -0.15) is 0 Å². The van der Waals surface area contributed by atoms with Crippen molar-refractivity contribution >= 4 is 11.9 Å². The zero-order valence-electron chi connectivity index (χ0n) is 12.1. The topological polar surface area (TPSA) is 55.8 Å². The quantitative estimate of drug-likeness (QED) is 0.589. The van der Waals surface area contributed by atoms with Crippen LogP contribution in [-0.4, -0.2) is 42.6 Å². The second-order valence-corrected chi connectivity index (χ2v) is 4.73. The number of amides is 1. The molecule has 0 spiro atoms. The number of nitrogens with zero attached hydrogens (tertiary/aromatic N) is 1. The molecule has 1 unspecified atom stereocenters. The molecule has 1 amide bonds. The predicted molar refractivity (Wildman–Crippen MR) is 78.0 cm³/mol. The van der Waals surface area contributed by atoms with E-state index < -0.39 is 12.1 Å². The lowest BCUT2D eigenvalue weighted by molar-refractivity contribution is -0.150. The Kier molecular flexibility index (Phi) is 4.98. The van der Waals surface area contributed by atoms with Crippen molar-refractivity contribution in [2.75, 3.05) is 19.7 Å². The number of rotatable bonds is 6. The number of carbonyl (C=O) groups excluding carboxylic acids is 2. The number of ether oxygens (including phenoxy) is 2. The first-order chi connectivity index (χ1) is 10.2. The molecule has 1 aromatic carbocycles. The van der Waals surface area contributed by atoms with Gasteiger partial charge in [0.2, 0.25) is 0 Å². The van der Waals surface area contributed by atoms with Gasteiger partial charge in [0.15, 0.2) is 6.10 Å². The van der Waals surface area contributed by atoms with E-state index in [2.05, 4.69) is 6.58 Å². The SMILES string of the molecule is C=CCN(CC(=O)OCC)C(=O)C1Cc2ccccc2O1. The summed E-state index contributed by atoms with van der Waals surface area (Å²) in [6, 6.07) is 7.55. The lowest BCUT2D eigenvalue weighted by Gasteiger charge is -2.23. The normalized spacial score (nSPS) is 15.8. The second kappa shape index (κ2) is 6.92. The summed E-state index contributed by atoms with van der Waals surface area (Å²) in [5, 5.41) is 0. The van der Waals surface area contributed by atoms with Gasteiger partial charge in [0.25, 0.3) is 5.91 Å². The summed E-state index contributed by atoms with van der Waals surface area (Å²) in [6.45, 7) is 5.84. The molecule has 0 radical (unpaired) electrons. The van der Waals surface area contributed by atoms with Gasteiger partial charge in [0.1, 0.15) is 12.3 Å². The molecule has 0 saturated carbocycles. The van der Waals surface area contributed by atoms with Crippen LogP contribution in [0.1, 0.15) is 12.5 Å². The fraction of sp³-hybridized carbons (Fsp3) is 0.375. The summed E-state index contributed by atoms with van der Waals surface area (Å²) in [7, 11) is 0. The van der Waals surface area contributed by atoms with Crippen LogP contribution in [0, 0.1) is 0 Å². The largest absolute Gasteiger partial charge is 0.480 e. The lowest BCUT2D eigenvalue weighted by Crippen LogP contribution is -2.44. The standard InChI is InChI=1S/C16H19NO4/c1-3-9-17(11-15(18)20-4-2)16(19)14-10-12-7-5-6-8-13(12)21-14/h3,5-8,14H,1,4,9-11H2,2H3. The maximum absolute atomic E-state index is 12.5. The predicted octanol–water partition coefficient (Wildman–Crippen LogP) is 1.57. The molecular formula is C16H19NO4. The third-order valence-electron chi connectivity index (χ3n) is 3.21. The number of hydrogen-bond donors (Lipinski definition) is 0. The molecule has 0 aliphatic carbocycles. The van der Waals surface area contributed by atoms with E-state index in [1.54, 1.807) is 13.0 Å². The number of carbonyl (C=O) groups is 2. The van der Waals surface area contributed by atoms with Gasteiger partial charge < -0.3 is 14.4 Å². The zero-order valence-corrected chi connectivity index (χ0v) is 12.1. The van der Waals surface area contributed by atoms with Crippen LogP contribution < -0.4 is 4.74 Å². The molecule has 0 aromatic heterocycles. The Bertz CT molecular complexity index is 516. The fourth-order valence-electron chi connectivity index (χ4n) is 2.27. The highest BCUT2D eigenvalue weighted by atomic mass is 16.5. The van der Waals surface area contributed by atoms with Crippen LogP contribution in [0.25, 0.3) is 0 Å². The minimum absolute atomic E-state index is 0.0884. The van der Waals surface area contributed by atoms with Crippen LogP contribution >= 0.6 is 0 Å². The van der Waals surface area contributed by atoms with Gasteiger partial charge in [0, 0.05) is 13.0 Å². The van der Waals surface area contributed by atoms with Gasteiger partial charge in [-0.1, -0.05) is 24.3 Å². The highest BCUT2D eigenvalue weighted by Crippen LogP contribution is 2.28. The van der Waals surface area contributed by atoms with Crippen LogP contribution in [0.5, 0.6) is 5.75 Å². The second-order valence-electron chi connectivity index (χ2n) is 4.73. The summed E-state index contributed by atoms with van der Waals surface area (Å²) in [6.07, 6.45) is 1.52. The van der Waals surface area contributed by atoms with Crippen molar-refractivity contribution in [2.45, 2.75) is 19.4 Å². The van der Waals surface area contributed by atoms with E-state index in [4.69, 9.17) is 9.47 Å². The zero-order chi connectivity index (χ0) is 15.2. The summed E-state index contributed by atoms with van der Waals surface area (Å²) >= 11 is 0. The molecule has 5 heteroatoms. The van der Waals surface area contributed by atoms with Crippen LogP contribution in [0.2, 0.25) is 0 Å². The molecule has 2 rings (SSSR count). The van der Waals surface area contributed by atoms with E-state index >= 15 is 0 Å². The minimum atomic E-state index is -0.586. The Hall–Kier alpha value is -2.30. The van der Waals surface area contributed by atoms with Gasteiger partial charge >= 0.3 is 5.97 Å². The molecule has 5 nitrogen and oxygen atoms in total. The minimum Gasteiger partial charge on any atom is -0.480 e. The highest BCUT2D eigenvalue weighted by molar-refractivity contribution is 5.86. The molecular weight excluding hydrogens is 270 g/mol. The molecule has 1 atom stereocenters. The first-order valence-electron chi connectivity index (χ1n) is 6.95. The fourth-order valence-corrected chi connectivity index (χ4v) is 2.27. The first kappa shape index (κ1) is 15.1. The number of esters is 1. The Morgan fingerprint density at radius 2 is 2.24 bits per heavy atom. The molecule has 0 bridgehead atoms. The number of para-hydroxylation sites is 1.